The SMILES string of the molecule is Clc1cnc2c(C[NH2+]c3ccccn3)c(Cl)ccc2c1. The molecule has 2 N–H and O–H groups in total. The Hall–Kier alpha value is -1.68. The Balaban J connectivity index is 1.96. The predicted octanol–water partition coefficient (Wildman–Crippen LogP) is 3.33. The number of pyridine rings is 2. The Morgan fingerprint density at radius 1 is 1.05 bits per heavy atom. The van der Waals surface area contributed by atoms with E-state index in [0.717, 1.165) is 22.3 Å². The molecule has 0 saturated heterocycles. The van der Waals surface area contributed by atoms with E-state index in [1.165, 1.54) is 0 Å². The molecule has 2 aromatic heterocycles. The average Bonchev–Trinajstić information content (AvgIpc) is 2.47. The number of nitrogens with zero attached hydrogens (tertiary/aromatic N) is 2. The van der Waals surface area contributed by atoms with E-state index in [-0.39, 0.29) is 0 Å². The molecule has 0 atom stereocenters. The van der Waals surface area contributed by atoms with Gasteiger partial charge in [0.25, 0.3) is 0 Å². The van der Waals surface area contributed by atoms with E-state index in [2.05, 4.69) is 9.97 Å². The zero-order valence-electron chi connectivity index (χ0n) is 10.6. The third kappa shape index (κ3) is 2.75. The first-order valence-corrected chi connectivity index (χ1v) is 6.96. The van der Waals surface area contributed by atoms with Gasteiger partial charge in [-0.25, -0.2) is 4.98 Å². The molecular formula is C15H12Cl2N3+. The fraction of sp³-hybridized carbons (Fsp3) is 0.0667. The van der Waals surface area contributed by atoms with E-state index >= 15 is 0 Å². The van der Waals surface area contributed by atoms with Crippen LogP contribution in [0.4, 0.5) is 5.82 Å². The summed E-state index contributed by atoms with van der Waals surface area (Å²) >= 11 is 12.3. The van der Waals surface area contributed by atoms with Gasteiger partial charge in [0, 0.05) is 23.8 Å². The molecule has 0 aliphatic rings. The minimum Gasteiger partial charge on any atom is -0.294 e. The first kappa shape index (κ1) is 13.3. The normalized spacial score (nSPS) is 10.9. The summed E-state index contributed by atoms with van der Waals surface area (Å²) in [6, 6.07) is 11.5. The van der Waals surface area contributed by atoms with Crippen molar-refractivity contribution in [2.75, 3.05) is 0 Å². The van der Waals surface area contributed by atoms with Crippen LogP contribution in [-0.4, -0.2) is 9.97 Å². The molecule has 0 amide bonds. The third-order valence-electron chi connectivity index (χ3n) is 3.07. The molecule has 3 rings (SSSR count). The molecule has 0 spiro atoms. The average molecular weight is 305 g/mol. The maximum absolute atomic E-state index is 6.30. The minimum atomic E-state index is 0.625. The van der Waals surface area contributed by atoms with Crippen LogP contribution in [0.15, 0.2) is 48.8 Å². The van der Waals surface area contributed by atoms with Gasteiger partial charge in [-0.05, 0) is 18.2 Å². The highest BCUT2D eigenvalue weighted by atomic mass is 35.5. The first-order valence-electron chi connectivity index (χ1n) is 6.21. The molecule has 0 aliphatic carbocycles. The van der Waals surface area contributed by atoms with Gasteiger partial charge in [-0.15, -0.1) is 0 Å². The van der Waals surface area contributed by atoms with E-state index in [1.54, 1.807) is 12.4 Å². The summed E-state index contributed by atoms with van der Waals surface area (Å²) in [7, 11) is 0. The predicted molar refractivity (Wildman–Crippen MR) is 81.3 cm³/mol. The van der Waals surface area contributed by atoms with Crippen LogP contribution in [0.5, 0.6) is 0 Å². The second kappa shape index (κ2) is 5.75. The lowest BCUT2D eigenvalue weighted by atomic mass is 10.1. The van der Waals surface area contributed by atoms with Crippen LogP contribution in [0.25, 0.3) is 10.9 Å². The van der Waals surface area contributed by atoms with Gasteiger partial charge in [-0.2, -0.15) is 0 Å². The minimum absolute atomic E-state index is 0.625. The third-order valence-corrected chi connectivity index (χ3v) is 3.63. The fourth-order valence-corrected chi connectivity index (χ4v) is 2.50. The van der Waals surface area contributed by atoms with Gasteiger partial charge in [0.2, 0.25) is 5.82 Å². The molecule has 0 saturated carbocycles. The smallest absolute Gasteiger partial charge is 0.224 e. The van der Waals surface area contributed by atoms with E-state index in [0.29, 0.717) is 16.6 Å². The number of aromatic nitrogens is 2. The molecule has 3 nitrogen and oxygen atoms in total. The molecule has 100 valence electrons. The van der Waals surface area contributed by atoms with Gasteiger partial charge in [0.15, 0.2) is 0 Å². The zero-order chi connectivity index (χ0) is 13.9. The van der Waals surface area contributed by atoms with Crippen molar-refractivity contribution in [2.45, 2.75) is 6.54 Å². The molecule has 20 heavy (non-hydrogen) atoms. The van der Waals surface area contributed by atoms with Crippen molar-refractivity contribution in [3.8, 4) is 0 Å². The molecule has 0 aliphatic heterocycles. The largest absolute Gasteiger partial charge is 0.294 e. The summed E-state index contributed by atoms with van der Waals surface area (Å²) in [6.45, 7) is 0.682. The number of quaternary nitrogens is 1. The number of halogens is 2. The highest BCUT2D eigenvalue weighted by Crippen LogP contribution is 2.25. The summed E-state index contributed by atoms with van der Waals surface area (Å²) in [6.07, 6.45) is 3.42. The van der Waals surface area contributed by atoms with Crippen LogP contribution < -0.4 is 5.32 Å². The summed E-state index contributed by atoms with van der Waals surface area (Å²) in [5, 5.41) is 4.36. The Labute approximate surface area is 126 Å². The van der Waals surface area contributed by atoms with E-state index in [4.69, 9.17) is 23.2 Å². The number of hydrogen-bond donors (Lipinski definition) is 1. The molecule has 2 heterocycles. The Kier molecular flexibility index (Phi) is 3.83. The lowest BCUT2D eigenvalue weighted by Gasteiger charge is -2.07. The van der Waals surface area contributed by atoms with E-state index in [1.807, 2.05) is 41.7 Å². The summed E-state index contributed by atoms with van der Waals surface area (Å²) < 4.78 is 0. The van der Waals surface area contributed by atoms with Crippen LogP contribution in [-0.2, 0) is 6.54 Å². The number of hydrogen-bond acceptors (Lipinski definition) is 2. The molecule has 1 aromatic carbocycles. The molecule has 0 bridgehead atoms. The van der Waals surface area contributed by atoms with Crippen molar-refractivity contribution in [1.29, 1.82) is 0 Å². The van der Waals surface area contributed by atoms with Gasteiger partial charge >= 0.3 is 0 Å². The number of rotatable bonds is 3. The van der Waals surface area contributed by atoms with Crippen molar-refractivity contribution >= 4 is 39.9 Å². The van der Waals surface area contributed by atoms with Gasteiger partial charge in [0.1, 0.15) is 6.54 Å². The molecule has 0 unspecified atom stereocenters. The monoisotopic (exact) mass is 304 g/mol. The fourth-order valence-electron chi connectivity index (χ4n) is 2.11. The number of nitrogens with two attached hydrogens (primary N) is 1. The van der Waals surface area contributed by atoms with Crippen LogP contribution in [0.2, 0.25) is 10.0 Å². The van der Waals surface area contributed by atoms with E-state index < -0.39 is 0 Å². The standard InChI is InChI=1S/C15H11Cl2N3/c16-11-7-10-4-5-13(17)12(15(10)20-8-11)9-19-14-3-1-2-6-18-14/h1-8H,9H2,(H,18,19)/p+1. The van der Waals surface area contributed by atoms with Crippen molar-refractivity contribution in [3.63, 3.8) is 0 Å². The highest BCUT2D eigenvalue weighted by Gasteiger charge is 2.10. The van der Waals surface area contributed by atoms with Crippen LogP contribution in [0, 0.1) is 0 Å². The second-order valence-corrected chi connectivity index (χ2v) is 5.26. The molecule has 0 fully saturated rings. The maximum atomic E-state index is 6.30. The quantitative estimate of drug-likeness (QED) is 0.806. The van der Waals surface area contributed by atoms with Crippen LogP contribution in [0.3, 0.4) is 0 Å². The Bertz CT molecular complexity index is 745. The Morgan fingerprint density at radius 2 is 1.95 bits per heavy atom. The van der Waals surface area contributed by atoms with Gasteiger partial charge in [-0.3, -0.25) is 10.3 Å². The lowest BCUT2D eigenvalue weighted by molar-refractivity contribution is -0.591. The van der Waals surface area contributed by atoms with Crippen molar-refractivity contribution in [3.05, 3.63) is 64.4 Å². The number of fused-ring (bicyclic) bond motifs is 1. The zero-order valence-corrected chi connectivity index (χ0v) is 12.1. The molecule has 3 aromatic rings. The first-order chi connectivity index (χ1) is 9.74. The van der Waals surface area contributed by atoms with Gasteiger partial charge in [0.05, 0.1) is 21.1 Å². The summed E-state index contributed by atoms with van der Waals surface area (Å²) in [5.74, 6) is 0.925. The summed E-state index contributed by atoms with van der Waals surface area (Å²) in [5.41, 5.74) is 1.88. The van der Waals surface area contributed by atoms with E-state index in [9.17, 15) is 0 Å². The van der Waals surface area contributed by atoms with Gasteiger partial charge < -0.3 is 0 Å². The van der Waals surface area contributed by atoms with Crippen molar-refractivity contribution in [1.82, 2.24) is 9.97 Å². The lowest BCUT2D eigenvalue weighted by Crippen LogP contribution is -2.76. The number of benzene rings is 1. The molecular weight excluding hydrogens is 293 g/mol. The maximum Gasteiger partial charge on any atom is 0.224 e. The van der Waals surface area contributed by atoms with Crippen LogP contribution >= 0.6 is 23.2 Å². The summed E-state index contributed by atoms with van der Waals surface area (Å²) in [4.78, 5) is 8.67. The molecule has 5 heteroatoms. The highest BCUT2D eigenvalue weighted by molar-refractivity contribution is 6.33. The van der Waals surface area contributed by atoms with Gasteiger partial charge in [-0.1, -0.05) is 35.3 Å². The van der Waals surface area contributed by atoms with Crippen molar-refractivity contribution < 1.29 is 5.32 Å². The molecule has 0 radical (unpaired) electrons. The van der Waals surface area contributed by atoms with Crippen LogP contribution in [0.1, 0.15) is 5.56 Å². The topological polar surface area (TPSA) is 42.4 Å². The Morgan fingerprint density at radius 3 is 2.75 bits per heavy atom. The second-order valence-electron chi connectivity index (χ2n) is 4.41. The van der Waals surface area contributed by atoms with Crippen molar-refractivity contribution in [2.24, 2.45) is 0 Å².